The van der Waals surface area contributed by atoms with Crippen molar-refractivity contribution < 1.29 is 4.74 Å². The second kappa shape index (κ2) is 5.28. The van der Waals surface area contributed by atoms with Gasteiger partial charge in [-0.15, -0.1) is 0 Å². The van der Waals surface area contributed by atoms with Crippen LogP contribution in [0, 0.1) is 0 Å². The van der Waals surface area contributed by atoms with E-state index >= 15 is 0 Å². The SMILES string of the molecule is Br/C(=C\[C@@H]1CCCO1)c1ccc(Br)cc1. The molecule has 1 aromatic carbocycles. The quantitative estimate of drug-likeness (QED) is 0.782. The first-order chi connectivity index (χ1) is 7.25. The molecule has 0 aromatic heterocycles. The fourth-order valence-electron chi connectivity index (χ4n) is 1.60. The molecule has 0 unspecified atom stereocenters. The minimum Gasteiger partial charge on any atom is -0.374 e. The summed E-state index contributed by atoms with van der Waals surface area (Å²) in [5, 5.41) is 0. The summed E-state index contributed by atoms with van der Waals surface area (Å²) >= 11 is 7.01. The van der Waals surface area contributed by atoms with E-state index in [9.17, 15) is 0 Å². The highest BCUT2D eigenvalue weighted by Gasteiger charge is 2.13. The van der Waals surface area contributed by atoms with Crippen molar-refractivity contribution in [3.63, 3.8) is 0 Å². The largest absolute Gasteiger partial charge is 0.374 e. The second-order valence-electron chi connectivity index (χ2n) is 3.57. The molecule has 0 N–H and O–H groups in total. The van der Waals surface area contributed by atoms with Gasteiger partial charge in [0.15, 0.2) is 0 Å². The van der Waals surface area contributed by atoms with Gasteiger partial charge in [-0.05, 0) is 36.6 Å². The molecule has 0 saturated carbocycles. The van der Waals surface area contributed by atoms with E-state index < -0.39 is 0 Å². The summed E-state index contributed by atoms with van der Waals surface area (Å²) in [7, 11) is 0. The molecule has 3 heteroatoms. The van der Waals surface area contributed by atoms with Crippen molar-refractivity contribution in [3.05, 3.63) is 40.4 Å². The molecule has 80 valence electrons. The molecule has 1 aliphatic rings. The van der Waals surface area contributed by atoms with E-state index in [1.54, 1.807) is 0 Å². The van der Waals surface area contributed by atoms with Crippen LogP contribution in [0.3, 0.4) is 0 Å². The Bertz CT molecular complexity index is 350. The number of halogens is 2. The first-order valence-corrected chi connectivity index (χ1v) is 6.59. The van der Waals surface area contributed by atoms with E-state index in [1.807, 2.05) is 12.1 Å². The molecule has 1 aliphatic heterocycles. The maximum absolute atomic E-state index is 5.55. The van der Waals surface area contributed by atoms with Crippen LogP contribution in [0.2, 0.25) is 0 Å². The van der Waals surface area contributed by atoms with Gasteiger partial charge in [0.05, 0.1) is 6.10 Å². The molecule has 1 nitrogen and oxygen atoms in total. The van der Waals surface area contributed by atoms with Crippen LogP contribution in [0.25, 0.3) is 4.48 Å². The summed E-state index contributed by atoms with van der Waals surface area (Å²) in [4.78, 5) is 0. The maximum Gasteiger partial charge on any atom is 0.0770 e. The number of hydrogen-bond donors (Lipinski definition) is 0. The Morgan fingerprint density at radius 3 is 2.67 bits per heavy atom. The minimum atomic E-state index is 0.281. The van der Waals surface area contributed by atoms with Gasteiger partial charge >= 0.3 is 0 Å². The first kappa shape index (κ1) is 11.4. The van der Waals surface area contributed by atoms with Crippen LogP contribution >= 0.6 is 31.9 Å². The van der Waals surface area contributed by atoms with E-state index in [1.165, 1.54) is 12.0 Å². The van der Waals surface area contributed by atoms with Gasteiger partial charge < -0.3 is 4.74 Å². The predicted molar refractivity (Wildman–Crippen MR) is 70.0 cm³/mol. The standard InChI is InChI=1S/C12H12Br2O/c13-10-5-3-9(4-6-10)12(14)8-11-2-1-7-15-11/h3-6,8,11H,1-2,7H2/b12-8-/t11-/m0/s1. The third-order valence-corrected chi connectivity index (χ3v) is 3.67. The smallest absolute Gasteiger partial charge is 0.0770 e. The van der Waals surface area contributed by atoms with Crippen molar-refractivity contribution in [3.8, 4) is 0 Å². The molecule has 1 atom stereocenters. The molecular formula is C12H12Br2O. The molecule has 2 rings (SSSR count). The van der Waals surface area contributed by atoms with Crippen LogP contribution in [-0.2, 0) is 4.74 Å². The maximum atomic E-state index is 5.55. The lowest BCUT2D eigenvalue weighted by molar-refractivity contribution is 0.146. The molecule has 15 heavy (non-hydrogen) atoms. The van der Waals surface area contributed by atoms with Crippen molar-refractivity contribution in [1.29, 1.82) is 0 Å². The fraction of sp³-hybridized carbons (Fsp3) is 0.333. The highest BCUT2D eigenvalue weighted by molar-refractivity contribution is 9.15. The molecule has 0 bridgehead atoms. The average molecular weight is 332 g/mol. The number of ether oxygens (including phenoxy) is 1. The van der Waals surface area contributed by atoms with Gasteiger partial charge in [-0.2, -0.15) is 0 Å². The molecule has 1 saturated heterocycles. The van der Waals surface area contributed by atoms with Crippen LogP contribution in [0.1, 0.15) is 18.4 Å². The van der Waals surface area contributed by atoms with Gasteiger partial charge in [0.25, 0.3) is 0 Å². The monoisotopic (exact) mass is 330 g/mol. The summed E-state index contributed by atoms with van der Waals surface area (Å²) in [6, 6.07) is 8.25. The van der Waals surface area contributed by atoms with Crippen LogP contribution in [0.4, 0.5) is 0 Å². The van der Waals surface area contributed by atoms with E-state index in [4.69, 9.17) is 4.74 Å². The zero-order chi connectivity index (χ0) is 10.7. The molecular weight excluding hydrogens is 320 g/mol. The summed E-state index contributed by atoms with van der Waals surface area (Å²) in [5.41, 5.74) is 1.19. The van der Waals surface area contributed by atoms with Gasteiger partial charge in [0.2, 0.25) is 0 Å². The number of hydrogen-bond acceptors (Lipinski definition) is 1. The van der Waals surface area contributed by atoms with Crippen LogP contribution in [0.5, 0.6) is 0 Å². The van der Waals surface area contributed by atoms with Gasteiger partial charge in [-0.1, -0.05) is 44.0 Å². The Balaban J connectivity index is 2.12. The van der Waals surface area contributed by atoms with Gasteiger partial charge in [-0.3, -0.25) is 0 Å². The van der Waals surface area contributed by atoms with Crippen LogP contribution in [-0.4, -0.2) is 12.7 Å². The molecule has 1 aromatic rings. The Labute approximate surface area is 107 Å². The van der Waals surface area contributed by atoms with Gasteiger partial charge in [-0.25, -0.2) is 0 Å². The first-order valence-electron chi connectivity index (χ1n) is 5.00. The van der Waals surface area contributed by atoms with Crippen molar-refractivity contribution in [1.82, 2.24) is 0 Å². The van der Waals surface area contributed by atoms with Gasteiger partial charge in [0.1, 0.15) is 0 Å². The number of benzene rings is 1. The zero-order valence-electron chi connectivity index (χ0n) is 8.25. The van der Waals surface area contributed by atoms with Crippen molar-refractivity contribution in [2.75, 3.05) is 6.61 Å². The molecule has 1 fully saturated rings. The summed E-state index contributed by atoms with van der Waals surface area (Å²) in [6.45, 7) is 0.891. The summed E-state index contributed by atoms with van der Waals surface area (Å²) in [6.07, 6.45) is 4.73. The highest BCUT2D eigenvalue weighted by Crippen LogP contribution is 2.26. The lowest BCUT2D eigenvalue weighted by Gasteiger charge is -2.05. The third kappa shape index (κ3) is 3.16. The van der Waals surface area contributed by atoms with Gasteiger partial charge in [0, 0.05) is 15.6 Å². The van der Waals surface area contributed by atoms with Crippen LogP contribution in [0.15, 0.2) is 34.8 Å². The van der Waals surface area contributed by atoms with E-state index in [-0.39, 0.29) is 6.10 Å². The van der Waals surface area contributed by atoms with E-state index in [2.05, 4.69) is 50.1 Å². The Morgan fingerprint density at radius 1 is 1.33 bits per heavy atom. The molecule has 0 aliphatic carbocycles. The number of rotatable bonds is 2. The Hall–Kier alpha value is -0.120. The Kier molecular flexibility index (Phi) is 4.00. The summed E-state index contributed by atoms with van der Waals surface area (Å²) < 4.78 is 7.77. The molecule has 0 amide bonds. The predicted octanol–water partition coefficient (Wildman–Crippen LogP) is 4.36. The highest BCUT2D eigenvalue weighted by atomic mass is 79.9. The minimum absolute atomic E-state index is 0.281. The molecule has 1 heterocycles. The van der Waals surface area contributed by atoms with Crippen LogP contribution < -0.4 is 0 Å². The lowest BCUT2D eigenvalue weighted by atomic mass is 10.1. The average Bonchev–Trinajstić information content (AvgIpc) is 2.71. The molecule has 0 radical (unpaired) electrons. The fourth-order valence-corrected chi connectivity index (χ4v) is 2.43. The second-order valence-corrected chi connectivity index (χ2v) is 5.34. The van der Waals surface area contributed by atoms with E-state index in [0.717, 1.165) is 22.0 Å². The molecule has 0 spiro atoms. The zero-order valence-corrected chi connectivity index (χ0v) is 11.4. The van der Waals surface area contributed by atoms with E-state index in [0.29, 0.717) is 0 Å². The van der Waals surface area contributed by atoms with Crippen molar-refractivity contribution in [2.45, 2.75) is 18.9 Å². The Morgan fingerprint density at radius 2 is 2.07 bits per heavy atom. The normalized spacial score (nSPS) is 22.0. The topological polar surface area (TPSA) is 9.23 Å². The summed E-state index contributed by atoms with van der Waals surface area (Å²) in [5.74, 6) is 0. The third-order valence-electron chi connectivity index (χ3n) is 2.42. The van der Waals surface area contributed by atoms with Crippen molar-refractivity contribution >= 4 is 36.3 Å². The lowest BCUT2D eigenvalue weighted by Crippen LogP contribution is -1.99. The van der Waals surface area contributed by atoms with Crippen molar-refractivity contribution in [2.24, 2.45) is 0 Å².